The first kappa shape index (κ1) is 40.5. The molecule has 33 heavy (non-hydrogen) atoms. The molecule has 0 amide bonds. The zero-order valence-corrected chi connectivity index (χ0v) is 28.6. The first-order valence-corrected chi connectivity index (χ1v) is 11.7. The number of ether oxygens (including phenoxy) is 1. The summed E-state index contributed by atoms with van der Waals surface area (Å²) in [6.45, 7) is -0.977. The third kappa shape index (κ3) is 14.1. The van der Waals surface area contributed by atoms with Crippen molar-refractivity contribution >= 4 is 29.3 Å². The molecule has 1 saturated heterocycles. The van der Waals surface area contributed by atoms with Crippen molar-refractivity contribution in [3.8, 4) is 0 Å². The minimum Gasteiger partial charge on any atom is -0.790 e. The predicted octanol–water partition coefficient (Wildman–Crippen LogP) is -16.0. The number of aromatic nitrogens is 2. The van der Waals surface area contributed by atoms with Crippen LogP contribution >= 0.6 is 23.5 Å². The largest absolute Gasteiger partial charge is 1.00 e. The van der Waals surface area contributed by atoms with E-state index in [1.54, 1.807) is 0 Å². The van der Waals surface area contributed by atoms with Gasteiger partial charge < -0.3 is 43.9 Å². The van der Waals surface area contributed by atoms with Crippen molar-refractivity contribution in [2.24, 2.45) is 5.84 Å². The predicted molar refractivity (Wildman–Crippen MR) is 81.8 cm³/mol. The van der Waals surface area contributed by atoms with Crippen LogP contribution in [0.5, 0.6) is 0 Å². The molecular formula is C9H13N4Na4O13P3. The van der Waals surface area contributed by atoms with Gasteiger partial charge in [-0.1, -0.05) is 0 Å². The Morgan fingerprint density at radius 1 is 1.15 bits per heavy atom. The number of aliphatic hydroxyl groups is 1. The molecule has 4 N–H and O–H groups in total. The van der Waals surface area contributed by atoms with Crippen LogP contribution in [0.15, 0.2) is 17.1 Å². The van der Waals surface area contributed by atoms with Crippen LogP contribution < -0.4 is 155 Å². The molecule has 1 aliphatic heterocycles. The van der Waals surface area contributed by atoms with E-state index in [4.69, 9.17) is 10.6 Å². The van der Waals surface area contributed by atoms with Gasteiger partial charge in [0.15, 0.2) is 0 Å². The minimum absolute atomic E-state index is 0. The van der Waals surface area contributed by atoms with E-state index in [9.17, 15) is 43.2 Å². The fraction of sp³-hybridized carbons (Fsp3) is 0.556. The molecule has 2 rings (SSSR count). The van der Waals surface area contributed by atoms with Gasteiger partial charge in [0.2, 0.25) is 0 Å². The summed E-state index contributed by atoms with van der Waals surface area (Å²) in [7, 11) is -17.9. The van der Waals surface area contributed by atoms with Crippen molar-refractivity contribution < 1.29 is 174 Å². The van der Waals surface area contributed by atoms with Gasteiger partial charge in [-0.3, -0.25) is 18.0 Å². The Hall–Kier alpha value is 2.97. The topological polar surface area (TPSA) is 274 Å². The maximum Gasteiger partial charge on any atom is 1.00 e. The van der Waals surface area contributed by atoms with Crippen molar-refractivity contribution in [1.29, 1.82) is 0 Å². The Kier molecular flexibility index (Phi) is 20.6. The smallest absolute Gasteiger partial charge is 0.790 e. The molecule has 1 fully saturated rings. The molecule has 0 radical (unpaired) electrons. The molecule has 0 saturated carbocycles. The van der Waals surface area contributed by atoms with Crippen molar-refractivity contribution in [3.63, 3.8) is 0 Å². The number of hydrogen-bond donors (Lipinski definition) is 3. The van der Waals surface area contributed by atoms with Crippen LogP contribution in [0.2, 0.25) is 0 Å². The van der Waals surface area contributed by atoms with Crippen molar-refractivity contribution in [2.45, 2.75) is 24.9 Å². The number of nitrogens with one attached hydrogen (secondary N) is 1. The Morgan fingerprint density at radius 2 is 1.73 bits per heavy atom. The fourth-order valence-electron chi connectivity index (χ4n) is 2.20. The van der Waals surface area contributed by atoms with Crippen LogP contribution in [0.1, 0.15) is 12.6 Å². The molecule has 1 aromatic rings. The maximum absolute atomic E-state index is 11.9. The van der Waals surface area contributed by atoms with E-state index in [0.717, 1.165) is 4.57 Å². The average Bonchev–Trinajstić information content (AvgIpc) is 2.90. The van der Waals surface area contributed by atoms with Gasteiger partial charge in [-0.15, -0.1) is 0 Å². The van der Waals surface area contributed by atoms with E-state index < -0.39 is 54.2 Å². The van der Waals surface area contributed by atoms with Crippen molar-refractivity contribution in [3.05, 3.63) is 22.7 Å². The summed E-state index contributed by atoms with van der Waals surface area (Å²) in [5.74, 6) is 5.16. The van der Waals surface area contributed by atoms with Crippen molar-refractivity contribution in [2.75, 3.05) is 12.0 Å². The number of hydrazine groups is 1. The molecular weight excluding hydrogens is 557 g/mol. The molecule has 0 aliphatic carbocycles. The van der Waals surface area contributed by atoms with Gasteiger partial charge in [0, 0.05) is 12.6 Å². The third-order valence-electron chi connectivity index (χ3n) is 3.29. The van der Waals surface area contributed by atoms with E-state index >= 15 is 0 Å². The van der Waals surface area contributed by atoms with Gasteiger partial charge >= 0.3 is 124 Å². The standard InChI is InChI=1S/C9H17N4O13P3.4Na/c10-12-7-1-2-13(9(15)11-7)8-3-5(14)6(24-8)4-23-28(19,20)26-29(21,22)25-27(16,17)18;;;;/h1-2,5-6,8,14H,3-4,10H2,(H,19,20)(H,21,22)(H,11,12,15)(H2,16,17,18);;;;/q;4*+1/p-4. The van der Waals surface area contributed by atoms with Gasteiger partial charge in [0.1, 0.15) is 18.1 Å². The molecule has 2 heterocycles. The summed E-state index contributed by atoms with van der Waals surface area (Å²) in [5.41, 5.74) is 1.34. The molecule has 0 bridgehead atoms. The Morgan fingerprint density at radius 3 is 2.21 bits per heavy atom. The molecule has 1 aromatic heterocycles. The van der Waals surface area contributed by atoms with Crippen LogP contribution in [-0.2, 0) is 31.6 Å². The van der Waals surface area contributed by atoms with Gasteiger partial charge in [-0.05, 0) is 6.07 Å². The molecule has 24 heteroatoms. The molecule has 0 aromatic carbocycles. The summed E-state index contributed by atoms with van der Waals surface area (Å²) < 4.78 is 49.7. The van der Waals surface area contributed by atoms with Crippen LogP contribution in [0.4, 0.5) is 5.82 Å². The zero-order valence-electron chi connectivity index (χ0n) is 18.0. The monoisotopic (exact) mass is 570 g/mol. The Balaban J connectivity index is -0.00000225. The van der Waals surface area contributed by atoms with Crippen molar-refractivity contribution in [1.82, 2.24) is 9.55 Å². The number of rotatable bonds is 9. The number of phosphoric ester groups is 1. The first-order chi connectivity index (χ1) is 13.2. The zero-order chi connectivity index (χ0) is 22.0. The fourth-order valence-corrected chi connectivity index (χ4v) is 5.06. The summed E-state index contributed by atoms with van der Waals surface area (Å²) in [4.78, 5) is 58.5. The van der Waals surface area contributed by atoms with Gasteiger partial charge in [0.05, 0.1) is 20.5 Å². The number of nitrogens with zero attached hydrogens (tertiary/aromatic N) is 2. The number of nitrogens with two attached hydrogens (primary N) is 1. The number of hydrogen-bond acceptors (Lipinski definition) is 16. The SMILES string of the molecule is NNc1ccn(C2CC(O)C(COP(=O)([O-])OP(=O)([O-])OP(=O)([O-])[O-])O2)c(=O)n1.[Na+].[Na+].[Na+].[Na+]. The first-order valence-electron chi connectivity index (χ1n) is 7.32. The van der Waals surface area contributed by atoms with E-state index in [2.05, 4.69) is 23.6 Å². The Bertz CT molecular complexity index is 950. The molecule has 17 nitrogen and oxygen atoms in total. The van der Waals surface area contributed by atoms with Gasteiger partial charge in [-0.2, -0.15) is 4.98 Å². The minimum atomic E-state index is -6.11. The molecule has 166 valence electrons. The molecule has 5 atom stereocenters. The molecule has 5 unspecified atom stereocenters. The van der Waals surface area contributed by atoms with Crippen LogP contribution in [0.25, 0.3) is 0 Å². The van der Waals surface area contributed by atoms with Crippen LogP contribution in [0, 0.1) is 0 Å². The van der Waals surface area contributed by atoms with E-state index in [1.807, 2.05) is 0 Å². The second-order valence-electron chi connectivity index (χ2n) is 5.38. The number of nitrogen functional groups attached to an aromatic ring is 1. The average molecular weight is 570 g/mol. The van der Waals surface area contributed by atoms with E-state index in [1.165, 1.54) is 12.3 Å². The quantitative estimate of drug-likeness (QED) is 0.108. The second-order valence-corrected chi connectivity index (χ2v) is 9.63. The van der Waals surface area contributed by atoms with Gasteiger partial charge in [0.25, 0.3) is 15.6 Å². The van der Waals surface area contributed by atoms with Gasteiger partial charge in [-0.25, -0.2) is 14.9 Å². The molecule has 0 spiro atoms. The third-order valence-corrected chi connectivity index (χ3v) is 6.95. The summed E-state index contributed by atoms with van der Waals surface area (Å²) in [5, 5.41) is 9.93. The maximum atomic E-state index is 11.9. The number of aliphatic hydroxyl groups excluding tert-OH is 1. The number of phosphoric acid groups is 3. The second kappa shape index (κ2) is 16.8. The molecule has 1 aliphatic rings. The summed E-state index contributed by atoms with van der Waals surface area (Å²) in [6.07, 6.45) is -2.73. The summed E-state index contributed by atoms with van der Waals surface area (Å²) in [6, 6.07) is 1.32. The van der Waals surface area contributed by atoms with E-state index in [-0.39, 0.29) is 130 Å². The summed E-state index contributed by atoms with van der Waals surface area (Å²) >= 11 is 0. The van der Waals surface area contributed by atoms with E-state index in [0.29, 0.717) is 0 Å². The number of anilines is 1. The Labute approximate surface area is 275 Å². The van der Waals surface area contributed by atoms with Crippen LogP contribution in [-0.4, -0.2) is 33.5 Å². The normalized spacial score (nSPS) is 23.4. The van der Waals surface area contributed by atoms with Crippen LogP contribution in [0.3, 0.4) is 0 Å².